The van der Waals surface area contributed by atoms with Gasteiger partial charge in [-0.1, -0.05) is 36.4 Å². The van der Waals surface area contributed by atoms with Gasteiger partial charge in [-0.15, -0.1) is 6.58 Å². The minimum Gasteiger partial charge on any atom is -0.356 e. The highest BCUT2D eigenvalue weighted by Gasteiger charge is 2.33. The van der Waals surface area contributed by atoms with Gasteiger partial charge in [0.2, 0.25) is 11.8 Å². The first-order valence-electron chi connectivity index (χ1n) is 10.1. The minimum absolute atomic E-state index is 0.0291. The molecule has 2 heterocycles. The Morgan fingerprint density at radius 1 is 1.22 bits per heavy atom. The van der Waals surface area contributed by atoms with Crippen molar-refractivity contribution < 1.29 is 9.59 Å². The molecular formula is C22H31N3O2. The van der Waals surface area contributed by atoms with Crippen LogP contribution in [0, 0.1) is 11.8 Å². The summed E-state index contributed by atoms with van der Waals surface area (Å²) in [6.45, 7) is 8.75. The van der Waals surface area contributed by atoms with Crippen molar-refractivity contribution in [2.24, 2.45) is 11.8 Å². The fraction of sp³-hybridized carbons (Fsp3) is 0.545. The van der Waals surface area contributed by atoms with Crippen molar-refractivity contribution in [1.82, 2.24) is 15.1 Å². The molecule has 3 rings (SSSR count). The van der Waals surface area contributed by atoms with Crippen molar-refractivity contribution >= 4 is 11.8 Å². The predicted octanol–water partition coefficient (Wildman–Crippen LogP) is 2.09. The van der Waals surface area contributed by atoms with Crippen LogP contribution in [-0.4, -0.2) is 60.9 Å². The third-order valence-electron chi connectivity index (χ3n) is 5.77. The van der Waals surface area contributed by atoms with E-state index in [2.05, 4.69) is 47.1 Å². The molecule has 1 unspecified atom stereocenters. The first-order chi connectivity index (χ1) is 13.2. The Balaban J connectivity index is 1.33. The molecule has 0 aliphatic carbocycles. The van der Waals surface area contributed by atoms with Crippen LogP contribution in [0.3, 0.4) is 0 Å². The van der Waals surface area contributed by atoms with E-state index in [1.165, 1.54) is 5.56 Å². The topological polar surface area (TPSA) is 52.7 Å². The van der Waals surface area contributed by atoms with Crippen LogP contribution in [0.25, 0.3) is 0 Å². The fourth-order valence-electron chi connectivity index (χ4n) is 4.02. The van der Waals surface area contributed by atoms with Gasteiger partial charge in [-0.3, -0.25) is 9.59 Å². The van der Waals surface area contributed by atoms with Gasteiger partial charge in [0.15, 0.2) is 0 Å². The van der Waals surface area contributed by atoms with Gasteiger partial charge >= 0.3 is 0 Å². The highest BCUT2D eigenvalue weighted by molar-refractivity contribution is 5.89. The number of hydrogen-bond acceptors (Lipinski definition) is 3. The van der Waals surface area contributed by atoms with Crippen LogP contribution in [0.15, 0.2) is 43.0 Å². The lowest BCUT2D eigenvalue weighted by molar-refractivity contribution is -0.128. The number of benzene rings is 1. The van der Waals surface area contributed by atoms with Crippen LogP contribution in [0.1, 0.15) is 24.8 Å². The van der Waals surface area contributed by atoms with Crippen LogP contribution in [0.4, 0.5) is 0 Å². The van der Waals surface area contributed by atoms with Gasteiger partial charge in [0.25, 0.3) is 0 Å². The zero-order chi connectivity index (χ0) is 19.1. The zero-order valence-corrected chi connectivity index (χ0v) is 16.1. The first-order valence-corrected chi connectivity index (χ1v) is 10.1. The maximum atomic E-state index is 12.4. The molecule has 2 aliphatic rings. The highest BCUT2D eigenvalue weighted by Crippen LogP contribution is 2.20. The maximum absolute atomic E-state index is 12.4. The van der Waals surface area contributed by atoms with E-state index in [0.717, 1.165) is 45.4 Å². The lowest BCUT2D eigenvalue weighted by Crippen LogP contribution is -2.41. The van der Waals surface area contributed by atoms with Crippen LogP contribution in [0.2, 0.25) is 0 Å². The summed E-state index contributed by atoms with van der Waals surface area (Å²) in [6.07, 6.45) is 5.39. The molecule has 5 nitrogen and oxygen atoms in total. The number of nitrogens with one attached hydrogen (secondary N) is 1. The summed E-state index contributed by atoms with van der Waals surface area (Å²) >= 11 is 0. The fourth-order valence-corrected chi connectivity index (χ4v) is 4.02. The van der Waals surface area contributed by atoms with Gasteiger partial charge in [0.1, 0.15) is 0 Å². The molecule has 0 bridgehead atoms. The number of hydrogen-bond donors (Lipinski definition) is 1. The Morgan fingerprint density at radius 2 is 1.96 bits per heavy atom. The van der Waals surface area contributed by atoms with E-state index in [1.54, 1.807) is 11.0 Å². The number of carbonyl (C=O) groups excluding carboxylic acids is 2. The van der Waals surface area contributed by atoms with Gasteiger partial charge in [-0.25, -0.2) is 0 Å². The molecule has 0 saturated carbocycles. The second kappa shape index (κ2) is 9.70. The summed E-state index contributed by atoms with van der Waals surface area (Å²) in [5.41, 5.74) is 1.39. The van der Waals surface area contributed by atoms with E-state index in [4.69, 9.17) is 0 Å². The van der Waals surface area contributed by atoms with Crippen molar-refractivity contribution in [1.29, 1.82) is 0 Å². The molecule has 2 amide bonds. The number of amides is 2. The van der Waals surface area contributed by atoms with E-state index in [9.17, 15) is 9.59 Å². The average Bonchev–Trinajstić information content (AvgIpc) is 3.07. The largest absolute Gasteiger partial charge is 0.356 e. The maximum Gasteiger partial charge on any atom is 0.225 e. The Labute approximate surface area is 162 Å². The van der Waals surface area contributed by atoms with E-state index >= 15 is 0 Å². The minimum atomic E-state index is -0.205. The van der Waals surface area contributed by atoms with Crippen molar-refractivity contribution in [2.75, 3.05) is 39.3 Å². The Bertz CT molecular complexity index is 638. The van der Waals surface area contributed by atoms with Gasteiger partial charge in [0.05, 0.1) is 5.92 Å². The summed E-state index contributed by atoms with van der Waals surface area (Å²) in [5.74, 6) is 0.426. The molecule has 1 aromatic rings. The molecule has 0 aromatic heterocycles. The molecule has 2 saturated heterocycles. The number of rotatable bonds is 8. The molecule has 27 heavy (non-hydrogen) atoms. The molecular weight excluding hydrogens is 338 g/mol. The number of carbonyl (C=O) groups is 2. The molecule has 0 spiro atoms. The predicted molar refractivity (Wildman–Crippen MR) is 107 cm³/mol. The Kier molecular flexibility index (Phi) is 7.04. The van der Waals surface area contributed by atoms with E-state index in [-0.39, 0.29) is 17.7 Å². The first kappa shape index (κ1) is 19.6. The third kappa shape index (κ3) is 5.67. The monoisotopic (exact) mass is 369 g/mol. The second-order valence-corrected chi connectivity index (χ2v) is 7.75. The van der Waals surface area contributed by atoms with Gasteiger partial charge in [0, 0.05) is 32.6 Å². The lowest BCUT2D eigenvalue weighted by atomic mass is 9.96. The van der Waals surface area contributed by atoms with Crippen molar-refractivity contribution in [3.63, 3.8) is 0 Å². The van der Waals surface area contributed by atoms with Crippen molar-refractivity contribution in [3.8, 4) is 0 Å². The second-order valence-electron chi connectivity index (χ2n) is 7.75. The Hall–Kier alpha value is -2.14. The molecule has 1 aromatic carbocycles. The van der Waals surface area contributed by atoms with Crippen LogP contribution >= 0.6 is 0 Å². The normalized spacial score (nSPS) is 21.4. The zero-order valence-electron chi connectivity index (χ0n) is 16.1. The van der Waals surface area contributed by atoms with Crippen LogP contribution < -0.4 is 5.32 Å². The molecule has 1 N–H and O–H groups in total. The summed E-state index contributed by atoms with van der Waals surface area (Å²) in [4.78, 5) is 28.5. The van der Waals surface area contributed by atoms with E-state index < -0.39 is 0 Å². The van der Waals surface area contributed by atoms with Crippen LogP contribution in [-0.2, 0) is 16.0 Å². The molecule has 0 radical (unpaired) electrons. The third-order valence-corrected chi connectivity index (χ3v) is 5.77. The molecule has 2 aliphatic heterocycles. The van der Waals surface area contributed by atoms with Gasteiger partial charge in [-0.2, -0.15) is 0 Å². The van der Waals surface area contributed by atoms with Crippen molar-refractivity contribution in [3.05, 3.63) is 48.6 Å². The summed E-state index contributed by atoms with van der Waals surface area (Å²) < 4.78 is 0. The number of nitrogens with zero attached hydrogens (tertiary/aromatic N) is 2. The highest BCUT2D eigenvalue weighted by atomic mass is 16.2. The van der Waals surface area contributed by atoms with Gasteiger partial charge in [-0.05, 0) is 43.8 Å². The standard InChI is InChI=1S/C22H31N3O2/c1-2-11-25-17-20(15-21(25)26)22(27)23-16-19-9-13-24(14-10-19)12-8-18-6-4-3-5-7-18/h2-7,19-20H,1,8-17H2,(H,23,27). The smallest absolute Gasteiger partial charge is 0.225 e. The average molecular weight is 370 g/mol. The molecule has 2 fully saturated rings. The van der Waals surface area contributed by atoms with Gasteiger partial charge < -0.3 is 15.1 Å². The van der Waals surface area contributed by atoms with Crippen molar-refractivity contribution in [2.45, 2.75) is 25.7 Å². The summed E-state index contributed by atoms with van der Waals surface area (Å²) in [7, 11) is 0. The van der Waals surface area contributed by atoms with E-state index in [1.807, 2.05) is 0 Å². The quantitative estimate of drug-likeness (QED) is 0.714. The molecule has 1 atom stereocenters. The number of likely N-dealkylation sites (tertiary alicyclic amines) is 2. The SMILES string of the molecule is C=CCN1CC(C(=O)NCC2CCN(CCc3ccccc3)CC2)CC1=O. The van der Waals surface area contributed by atoms with E-state index in [0.29, 0.717) is 25.4 Å². The molecule has 5 heteroatoms. The number of piperidine rings is 1. The molecule has 146 valence electrons. The Morgan fingerprint density at radius 3 is 2.67 bits per heavy atom. The summed E-state index contributed by atoms with van der Waals surface area (Å²) in [5, 5.41) is 3.09. The van der Waals surface area contributed by atoms with Crippen LogP contribution in [0.5, 0.6) is 0 Å². The summed E-state index contributed by atoms with van der Waals surface area (Å²) in [6, 6.07) is 10.6. The lowest BCUT2D eigenvalue weighted by Gasteiger charge is -2.32.